The van der Waals surface area contributed by atoms with Crippen LogP contribution < -0.4 is 10.9 Å². The van der Waals surface area contributed by atoms with E-state index in [1.807, 2.05) is 6.92 Å². The normalized spacial score (nSPS) is 8.60. The monoisotopic (exact) mass is 143 g/mol. The fraction of sp³-hybridized carbons (Fsp3) is 0.667. The third-order valence-corrected chi connectivity index (χ3v) is 0.815. The van der Waals surface area contributed by atoms with Crippen molar-refractivity contribution < 1.29 is 9.59 Å². The Morgan fingerprint density at radius 3 is 2.50 bits per heavy atom. The van der Waals surface area contributed by atoms with Crippen LogP contribution in [-0.4, -0.2) is 11.8 Å². The van der Waals surface area contributed by atoms with Gasteiger partial charge in [0.15, 0.2) is 0 Å². The Morgan fingerprint density at radius 1 is 1.50 bits per heavy atom. The molecule has 0 saturated heterocycles. The molecule has 0 aromatic carbocycles. The van der Waals surface area contributed by atoms with Crippen molar-refractivity contribution in [1.29, 1.82) is 0 Å². The molecule has 0 saturated carbocycles. The molecular weight excluding hydrogens is 132 g/mol. The first-order valence-electron chi connectivity index (χ1n) is 3.17. The van der Waals surface area contributed by atoms with Gasteiger partial charge in [0.25, 0.3) is 5.91 Å². The molecule has 0 aliphatic heterocycles. The second-order valence-corrected chi connectivity index (χ2v) is 1.92. The minimum atomic E-state index is -0.385. The predicted octanol–water partition coefficient (Wildman–Crippen LogP) is -0.0314. The summed E-state index contributed by atoms with van der Waals surface area (Å²) in [5, 5.41) is 0. The molecule has 0 heterocycles. The average Bonchev–Trinajstić information content (AvgIpc) is 1.85. The highest BCUT2D eigenvalue weighted by Gasteiger charge is 1.99. The predicted molar refractivity (Wildman–Crippen MR) is 35.9 cm³/mol. The summed E-state index contributed by atoms with van der Waals surface area (Å²) in [4.78, 5) is 20.8. The van der Waals surface area contributed by atoms with Crippen LogP contribution in [0.1, 0.15) is 26.7 Å². The Balaban J connectivity index is 3.30. The second kappa shape index (κ2) is 4.78. The summed E-state index contributed by atoms with van der Waals surface area (Å²) in [5.41, 5.74) is 5.32. The van der Waals surface area contributed by atoms with Gasteiger partial charge in [-0.15, -0.1) is 5.43 Å². The first-order chi connectivity index (χ1) is 4.66. The zero-order valence-corrected chi connectivity index (χ0v) is 6.18. The fourth-order valence-corrected chi connectivity index (χ4v) is 0.424. The van der Waals surface area contributed by atoms with Gasteiger partial charge >= 0.3 is 0 Å². The van der Waals surface area contributed by atoms with Crippen LogP contribution in [0, 0.1) is 0 Å². The van der Waals surface area contributed by atoms with E-state index in [9.17, 15) is 9.59 Å². The van der Waals surface area contributed by atoms with E-state index < -0.39 is 0 Å². The smallest absolute Gasteiger partial charge is 0.259 e. The molecule has 57 valence electrons. The maximum atomic E-state index is 10.6. The summed E-state index contributed by atoms with van der Waals surface area (Å²) in [6.07, 6.45) is 1.18. The van der Waals surface area contributed by atoms with Crippen LogP contribution >= 0.6 is 0 Å². The number of nitrogens with zero attached hydrogens (tertiary/aromatic N) is 1. The van der Waals surface area contributed by atoms with Crippen LogP contribution in [0.2, 0.25) is 0 Å². The molecule has 0 unspecified atom stereocenters. The maximum Gasteiger partial charge on any atom is 0.259 e. The van der Waals surface area contributed by atoms with Crippen LogP contribution in [0.25, 0.3) is 0 Å². The van der Waals surface area contributed by atoms with E-state index >= 15 is 0 Å². The third kappa shape index (κ3) is 5.08. The highest BCUT2D eigenvalue weighted by molar-refractivity contribution is 5.80. The lowest BCUT2D eigenvalue weighted by atomic mass is 10.3. The number of nitrogens with one attached hydrogen (secondary N) is 1. The maximum absolute atomic E-state index is 10.6. The van der Waals surface area contributed by atoms with Crippen molar-refractivity contribution in [3.8, 4) is 0 Å². The van der Waals surface area contributed by atoms with Gasteiger partial charge in [0.2, 0.25) is 5.91 Å². The van der Waals surface area contributed by atoms with Crippen molar-refractivity contribution in [3.63, 3.8) is 0 Å². The van der Waals surface area contributed by atoms with E-state index in [0.29, 0.717) is 6.42 Å². The Hall–Kier alpha value is -1.06. The summed E-state index contributed by atoms with van der Waals surface area (Å²) in [6, 6.07) is 0. The minimum Gasteiger partial charge on any atom is -0.273 e. The minimum absolute atomic E-state index is 0.210. The van der Waals surface area contributed by atoms with Gasteiger partial charge in [-0.2, -0.15) is 0 Å². The van der Waals surface area contributed by atoms with E-state index in [1.54, 1.807) is 0 Å². The molecule has 0 aromatic heterocycles. The van der Waals surface area contributed by atoms with E-state index in [0.717, 1.165) is 6.42 Å². The van der Waals surface area contributed by atoms with Crippen LogP contribution in [0.5, 0.6) is 0 Å². The number of amides is 2. The van der Waals surface area contributed by atoms with Crippen LogP contribution in [0.3, 0.4) is 0 Å². The first-order valence-corrected chi connectivity index (χ1v) is 3.17. The van der Waals surface area contributed by atoms with Gasteiger partial charge in [-0.3, -0.25) is 9.59 Å². The average molecular weight is 143 g/mol. The Morgan fingerprint density at radius 2 is 2.10 bits per heavy atom. The van der Waals surface area contributed by atoms with Gasteiger partial charge in [0.05, 0.1) is 0 Å². The molecule has 0 aliphatic carbocycles. The van der Waals surface area contributed by atoms with E-state index in [2.05, 4.69) is 10.9 Å². The molecule has 4 nitrogen and oxygen atoms in total. The SMILES string of the molecule is CCCC(=O)N[N]C(C)=O. The lowest BCUT2D eigenvalue weighted by Crippen LogP contribution is -2.33. The fourth-order valence-electron chi connectivity index (χ4n) is 0.424. The number of hydrogen-bond donors (Lipinski definition) is 1. The lowest BCUT2D eigenvalue weighted by Gasteiger charge is -1.98. The summed E-state index contributed by atoms with van der Waals surface area (Å²) in [7, 11) is 0. The van der Waals surface area contributed by atoms with Crippen molar-refractivity contribution >= 4 is 11.8 Å². The van der Waals surface area contributed by atoms with Gasteiger partial charge in [-0.1, -0.05) is 6.92 Å². The van der Waals surface area contributed by atoms with Crippen molar-refractivity contribution in [1.82, 2.24) is 10.9 Å². The molecule has 1 N–H and O–H groups in total. The van der Waals surface area contributed by atoms with Crippen molar-refractivity contribution in [2.75, 3.05) is 0 Å². The molecule has 0 atom stereocenters. The number of hydrogen-bond acceptors (Lipinski definition) is 2. The molecule has 2 amide bonds. The van der Waals surface area contributed by atoms with Crippen LogP contribution in [0.15, 0.2) is 0 Å². The molecular formula is C6H11N2O2. The molecule has 0 spiro atoms. The van der Waals surface area contributed by atoms with E-state index in [-0.39, 0.29) is 11.8 Å². The second-order valence-electron chi connectivity index (χ2n) is 1.92. The van der Waals surface area contributed by atoms with Crippen LogP contribution in [0.4, 0.5) is 0 Å². The standard InChI is InChI=1S/C6H11N2O2/c1-3-4-6(10)8-7-5(2)9/h3-4H2,1-2H3,(H,8,10). The van der Waals surface area contributed by atoms with E-state index in [4.69, 9.17) is 0 Å². The number of carbonyl (C=O) groups excluding carboxylic acids is 2. The van der Waals surface area contributed by atoms with Crippen LogP contribution in [-0.2, 0) is 9.59 Å². The van der Waals surface area contributed by atoms with E-state index in [1.165, 1.54) is 6.92 Å². The third-order valence-electron chi connectivity index (χ3n) is 0.815. The molecule has 4 heteroatoms. The quantitative estimate of drug-likeness (QED) is 0.552. The highest BCUT2D eigenvalue weighted by Crippen LogP contribution is 1.83. The highest BCUT2D eigenvalue weighted by atomic mass is 16.2. The number of carbonyl (C=O) groups is 2. The molecule has 0 aliphatic rings. The Bertz CT molecular complexity index is 134. The lowest BCUT2D eigenvalue weighted by molar-refractivity contribution is -0.128. The largest absolute Gasteiger partial charge is 0.273 e. The molecule has 0 bridgehead atoms. The van der Waals surface area contributed by atoms with Gasteiger partial charge in [-0.25, -0.2) is 5.43 Å². The zero-order valence-electron chi connectivity index (χ0n) is 6.18. The Kier molecular flexibility index (Phi) is 4.28. The summed E-state index contributed by atoms with van der Waals surface area (Å²) in [5.74, 6) is -0.595. The first kappa shape index (κ1) is 8.94. The molecule has 0 fully saturated rings. The molecule has 0 rings (SSSR count). The van der Waals surface area contributed by atoms with Gasteiger partial charge < -0.3 is 0 Å². The molecule has 10 heavy (non-hydrogen) atoms. The van der Waals surface area contributed by atoms with Crippen molar-refractivity contribution in [3.05, 3.63) is 0 Å². The number of rotatable bonds is 2. The summed E-state index contributed by atoms with van der Waals surface area (Å²) < 4.78 is 0. The Labute approximate surface area is 60.0 Å². The summed E-state index contributed by atoms with van der Waals surface area (Å²) >= 11 is 0. The van der Waals surface area contributed by atoms with Gasteiger partial charge in [-0.05, 0) is 6.42 Å². The van der Waals surface area contributed by atoms with Crippen molar-refractivity contribution in [2.24, 2.45) is 0 Å². The van der Waals surface area contributed by atoms with Gasteiger partial charge in [0.1, 0.15) is 0 Å². The zero-order chi connectivity index (χ0) is 7.98. The van der Waals surface area contributed by atoms with Gasteiger partial charge in [0, 0.05) is 13.3 Å². The summed E-state index contributed by atoms with van der Waals surface area (Å²) in [6.45, 7) is 3.17. The topological polar surface area (TPSA) is 60.3 Å². The molecule has 0 aromatic rings. The van der Waals surface area contributed by atoms with Crippen molar-refractivity contribution in [2.45, 2.75) is 26.7 Å². The molecule has 1 radical (unpaired) electrons.